The Morgan fingerprint density at radius 3 is 2.95 bits per heavy atom. The highest BCUT2D eigenvalue weighted by Gasteiger charge is 2.12. The van der Waals surface area contributed by atoms with Crippen LogP contribution in [0.1, 0.15) is 13.3 Å². The molecule has 0 aliphatic heterocycles. The van der Waals surface area contributed by atoms with Gasteiger partial charge in [-0.3, -0.25) is 0 Å². The third-order valence-electron chi connectivity index (χ3n) is 2.70. The van der Waals surface area contributed by atoms with E-state index in [1.54, 1.807) is 6.20 Å². The van der Waals surface area contributed by atoms with Gasteiger partial charge in [0.1, 0.15) is 10.5 Å². The van der Waals surface area contributed by atoms with E-state index in [-0.39, 0.29) is 0 Å². The fourth-order valence-corrected chi connectivity index (χ4v) is 2.65. The first kappa shape index (κ1) is 14.2. The summed E-state index contributed by atoms with van der Waals surface area (Å²) in [7, 11) is 0. The lowest BCUT2D eigenvalue weighted by atomic mass is 10.3. The molecule has 0 amide bonds. The molecule has 2 aromatic heterocycles. The predicted molar refractivity (Wildman–Crippen MR) is 84.0 cm³/mol. The third kappa shape index (κ3) is 3.28. The van der Waals surface area contributed by atoms with Gasteiger partial charge >= 0.3 is 0 Å². The van der Waals surface area contributed by atoms with Crippen molar-refractivity contribution in [1.29, 1.82) is 0 Å². The van der Waals surface area contributed by atoms with Crippen LogP contribution in [0.2, 0.25) is 5.02 Å². The smallest absolute Gasteiger partial charge is 0.263 e. The molecule has 0 spiro atoms. The van der Waals surface area contributed by atoms with Crippen LogP contribution in [-0.2, 0) is 0 Å². The Morgan fingerprint density at radius 1 is 1.29 bits per heavy atom. The Kier molecular flexibility index (Phi) is 4.26. The summed E-state index contributed by atoms with van der Waals surface area (Å²) in [6, 6.07) is 7.61. The number of hydrogen-bond acceptors (Lipinski definition) is 6. The summed E-state index contributed by atoms with van der Waals surface area (Å²) in [6.45, 7) is 2.89. The fraction of sp³-hybridized carbons (Fsp3) is 0.214. The van der Waals surface area contributed by atoms with E-state index in [2.05, 4.69) is 27.2 Å². The number of nitrogens with one attached hydrogen (secondary N) is 1. The van der Waals surface area contributed by atoms with Crippen molar-refractivity contribution in [3.63, 3.8) is 0 Å². The summed E-state index contributed by atoms with van der Waals surface area (Å²) in [6.07, 6.45) is 2.58. The fourth-order valence-electron chi connectivity index (χ4n) is 1.72. The minimum atomic E-state index is 0.476. The van der Waals surface area contributed by atoms with Crippen LogP contribution in [0.3, 0.4) is 0 Å². The molecule has 2 heterocycles. The number of halogens is 1. The highest BCUT2D eigenvalue weighted by Crippen LogP contribution is 2.33. The highest BCUT2D eigenvalue weighted by molar-refractivity contribution is 7.99. The van der Waals surface area contributed by atoms with E-state index in [4.69, 9.17) is 16.0 Å². The van der Waals surface area contributed by atoms with Gasteiger partial charge in [-0.05, 0) is 30.3 Å². The molecule has 1 aromatic carbocycles. The molecule has 3 aromatic rings. The minimum absolute atomic E-state index is 0.476. The van der Waals surface area contributed by atoms with Crippen LogP contribution in [0.15, 0.2) is 45.1 Å². The van der Waals surface area contributed by atoms with Crippen molar-refractivity contribution in [2.24, 2.45) is 0 Å². The number of oxazole rings is 1. The molecule has 0 unspecified atom stereocenters. The Morgan fingerprint density at radius 2 is 2.14 bits per heavy atom. The third-order valence-corrected chi connectivity index (χ3v) is 3.95. The molecule has 7 heteroatoms. The summed E-state index contributed by atoms with van der Waals surface area (Å²) < 4.78 is 5.66. The van der Waals surface area contributed by atoms with Gasteiger partial charge in [0.15, 0.2) is 5.58 Å². The van der Waals surface area contributed by atoms with Crippen LogP contribution in [0, 0.1) is 0 Å². The summed E-state index contributed by atoms with van der Waals surface area (Å²) in [5.74, 6) is 0.555. The van der Waals surface area contributed by atoms with Crippen molar-refractivity contribution < 1.29 is 4.42 Å². The van der Waals surface area contributed by atoms with Crippen molar-refractivity contribution in [2.75, 3.05) is 11.9 Å². The number of fused-ring (bicyclic) bond motifs is 1. The second kappa shape index (κ2) is 6.32. The van der Waals surface area contributed by atoms with Gasteiger partial charge in [0.05, 0.1) is 11.2 Å². The molecule has 0 aliphatic rings. The van der Waals surface area contributed by atoms with E-state index in [1.807, 2.05) is 24.3 Å². The van der Waals surface area contributed by atoms with E-state index in [1.165, 1.54) is 11.8 Å². The van der Waals surface area contributed by atoms with Crippen molar-refractivity contribution in [3.8, 4) is 0 Å². The molecule has 0 saturated heterocycles. The normalized spacial score (nSPS) is 11.0. The molecule has 21 heavy (non-hydrogen) atoms. The predicted octanol–water partition coefficient (Wildman–Crippen LogP) is 4.24. The number of aromatic nitrogens is 3. The van der Waals surface area contributed by atoms with Gasteiger partial charge in [0.25, 0.3) is 5.22 Å². The van der Waals surface area contributed by atoms with Crippen LogP contribution >= 0.6 is 23.4 Å². The molecular weight excluding hydrogens is 308 g/mol. The standard InChI is InChI=1S/C14H13ClN4OS/c1-2-7-16-13-17-8-9(15)12(19-13)21-14-18-10-5-3-4-6-11(10)20-14/h3-6,8H,2,7H2,1H3,(H,16,17,19). The van der Waals surface area contributed by atoms with Gasteiger partial charge in [0, 0.05) is 6.54 Å². The van der Waals surface area contributed by atoms with Gasteiger partial charge in [-0.15, -0.1) is 0 Å². The monoisotopic (exact) mass is 320 g/mol. The first-order valence-corrected chi connectivity index (χ1v) is 7.75. The Labute approximate surface area is 131 Å². The first-order chi connectivity index (χ1) is 10.3. The van der Waals surface area contributed by atoms with E-state index in [0.717, 1.165) is 24.1 Å². The SMILES string of the molecule is CCCNc1ncc(Cl)c(Sc2nc3ccccc3o2)n1. The second-order valence-electron chi connectivity index (χ2n) is 4.32. The molecule has 3 rings (SSSR count). The van der Waals surface area contributed by atoms with Gasteiger partial charge in [-0.25, -0.2) is 15.0 Å². The van der Waals surface area contributed by atoms with Crippen LogP contribution in [-0.4, -0.2) is 21.5 Å². The Hall–Kier alpha value is -1.79. The van der Waals surface area contributed by atoms with Crippen molar-refractivity contribution >= 4 is 40.4 Å². The molecule has 5 nitrogen and oxygen atoms in total. The lowest BCUT2D eigenvalue weighted by molar-refractivity contribution is 0.489. The molecule has 108 valence electrons. The van der Waals surface area contributed by atoms with Gasteiger partial charge in [0.2, 0.25) is 5.95 Å². The highest BCUT2D eigenvalue weighted by atomic mass is 35.5. The van der Waals surface area contributed by atoms with Gasteiger partial charge in [-0.1, -0.05) is 30.7 Å². The Balaban J connectivity index is 1.86. The number of rotatable bonds is 5. The lowest BCUT2D eigenvalue weighted by Gasteiger charge is -2.05. The summed E-state index contributed by atoms with van der Waals surface area (Å²) in [4.78, 5) is 12.9. The second-order valence-corrected chi connectivity index (χ2v) is 5.67. The molecule has 0 fully saturated rings. The number of benzene rings is 1. The first-order valence-electron chi connectivity index (χ1n) is 6.56. The van der Waals surface area contributed by atoms with Gasteiger partial charge in [-0.2, -0.15) is 0 Å². The van der Waals surface area contributed by atoms with Crippen molar-refractivity contribution in [2.45, 2.75) is 23.6 Å². The average molecular weight is 321 g/mol. The zero-order valence-corrected chi connectivity index (χ0v) is 12.9. The largest absolute Gasteiger partial charge is 0.431 e. The summed E-state index contributed by atoms with van der Waals surface area (Å²) in [5, 5.41) is 4.74. The zero-order valence-electron chi connectivity index (χ0n) is 11.3. The maximum atomic E-state index is 6.14. The summed E-state index contributed by atoms with van der Waals surface area (Å²) in [5.41, 5.74) is 1.56. The Bertz CT molecular complexity index is 729. The topological polar surface area (TPSA) is 63.8 Å². The van der Waals surface area contributed by atoms with Crippen LogP contribution in [0.5, 0.6) is 0 Å². The minimum Gasteiger partial charge on any atom is -0.431 e. The van der Waals surface area contributed by atoms with Crippen molar-refractivity contribution in [1.82, 2.24) is 15.0 Å². The quantitative estimate of drug-likeness (QED) is 0.709. The number of nitrogens with zero attached hydrogens (tertiary/aromatic N) is 3. The van der Waals surface area contributed by atoms with Crippen LogP contribution in [0.25, 0.3) is 11.1 Å². The average Bonchev–Trinajstić information content (AvgIpc) is 2.90. The van der Waals surface area contributed by atoms with E-state index in [9.17, 15) is 0 Å². The number of para-hydroxylation sites is 2. The maximum Gasteiger partial charge on any atom is 0.263 e. The molecule has 0 radical (unpaired) electrons. The van der Waals surface area contributed by atoms with Crippen LogP contribution < -0.4 is 5.32 Å². The van der Waals surface area contributed by atoms with Crippen molar-refractivity contribution in [3.05, 3.63) is 35.5 Å². The molecule has 0 aliphatic carbocycles. The van der Waals surface area contributed by atoms with E-state index in [0.29, 0.717) is 21.2 Å². The molecule has 0 saturated carbocycles. The lowest BCUT2D eigenvalue weighted by Crippen LogP contribution is -2.04. The number of anilines is 1. The van der Waals surface area contributed by atoms with Crippen LogP contribution in [0.4, 0.5) is 5.95 Å². The van der Waals surface area contributed by atoms with E-state index < -0.39 is 0 Å². The molecule has 1 N–H and O–H groups in total. The number of hydrogen-bond donors (Lipinski definition) is 1. The molecular formula is C14H13ClN4OS. The zero-order chi connectivity index (χ0) is 14.7. The molecule has 0 atom stereocenters. The van der Waals surface area contributed by atoms with E-state index >= 15 is 0 Å². The van der Waals surface area contributed by atoms with Gasteiger partial charge < -0.3 is 9.73 Å². The molecule has 0 bridgehead atoms. The summed E-state index contributed by atoms with van der Waals surface area (Å²) >= 11 is 7.42. The maximum absolute atomic E-state index is 6.14.